The molecule has 21 heavy (non-hydrogen) atoms. The van der Waals surface area contributed by atoms with Gasteiger partial charge < -0.3 is 4.74 Å². The molecule has 0 saturated carbocycles. The maximum absolute atomic E-state index is 12.1. The van der Waals surface area contributed by atoms with E-state index in [9.17, 15) is 14.9 Å². The fourth-order valence-corrected chi connectivity index (χ4v) is 1.81. The summed E-state index contributed by atoms with van der Waals surface area (Å²) in [5.74, 6) is 0. The fourth-order valence-electron chi connectivity index (χ4n) is 1.81. The van der Waals surface area contributed by atoms with Crippen LogP contribution < -0.4 is 0 Å². The van der Waals surface area contributed by atoms with Crippen LogP contribution in [0.15, 0.2) is 36.5 Å². The molecule has 7 nitrogen and oxygen atoms in total. The van der Waals surface area contributed by atoms with Crippen LogP contribution in [-0.4, -0.2) is 26.4 Å². The average molecular weight is 289 g/mol. The Kier molecular flexibility index (Phi) is 3.75. The molecule has 1 aromatic carbocycles. The minimum absolute atomic E-state index is 0.0946. The summed E-state index contributed by atoms with van der Waals surface area (Å²) in [7, 11) is 0. The molecule has 1 aromatic heterocycles. The smallest absolute Gasteiger partial charge is 0.435 e. The molecule has 0 aliphatic carbocycles. The Hall–Kier alpha value is -2.70. The quantitative estimate of drug-likeness (QED) is 0.625. The van der Waals surface area contributed by atoms with Crippen molar-refractivity contribution in [2.75, 3.05) is 0 Å². The molecular weight excluding hydrogens is 274 g/mol. The standard InChI is InChI=1S/C14H15N3O4/c1-14(2,3)21-13(18)16-11(8-9-15-16)10-6-4-5-7-12(10)17(19)20/h4-9H,1-3H3. The van der Waals surface area contributed by atoms with E-state index in [4.69, 9.17) is 4.74 Å². The first kappa shape index (κ1) is 14.7. The summed E-state index contributed by atoms with van der Waals surface area (Å²) >= 11 is 0. The summed E-state index contributed by atoms with van der Waals surface area (Å²) in [4.78, 5) is 22.7. The van der Waals surface area contributed by atoms with Gasteiger partial charge in [0, 0.05) is 6.07 Å². The van der Waals surface area contributed by atoms with E-state index >= 15 is 0 Å². The van der Waals surface area contributed by atoms with Gasteiger partial charge in [0.1, 0.15) is 5.60 Å². The van der Waals surface area contributed by atoms with E-state index in [-0.39, 0.29) is 5.69 Å². The van der Waals surface area contributed by atoms with Gasteiger partial charge in [0.15, 0.2) is 0 Å². The third-order valence-electron chi connectivity index (χ3n) is 2.59. The summed E-state index contributed by atoms with van der Waals surface area (Å²) in [6, 6.07) is 7.70. The van der Waals surface area contributed by atoms with Gasteiger partial charge in [-0.05, 0) is 32.9 Å². The first-order valence-electron chi connectivity index (χ1n) is 6.31. The van der Waals surface area contributed by atoms with Crippen molar-refractivity contribution in [3.63, 3.8) is 0 Å². The molecule has 0 aliphatic rings. The Balaban J connectivity index is 2.47. The van der Waals surface area contributed by atoms with Crippen molar-refractivity contribution in [3.8, 4) is 11.3 Å². The molecule has 0 N–H and O–H groups in total. The van der Waals surface area contributed by atoms with Crippen LogP contribution in [0.5, 0.6) is 0 Å². The second-order valence-electron chi connectivity index (χ2n) is 5.38. The number of aromatic nitrogens is 2. The largest absolute Gasteiger partial charge is 0.442 e. The van der Waals surface area contributed by atoms with Crippen LogP contribution in [0.4, 0.5) is 10.5 Å². The number of para-hydroxylation sites is 1. The number of hydrogen-bond acceptors (Lipinski definition) is 5. The van der Waals surface area contributed by atoms with Gasteiger partial charge in [0.2, 0.25) is 0 Å². The number of carbonyl (C=O) groups excluding carboxylic acids is 1. The molecule has 0 amide bonds. The normalized spacial score (nSPS) is 11.2. The predicted molar refractivity (Wildman–Crippen MR) is 75.9 cm³/mol. The van der Waals surface area contributed by atoms with Crippen molar-refractivity contribution >= 4 is 11.8 Å². The van der Waals surface area contributed by atoms with E-state index in [1.54, 1.807) is 39.0 Å². The number of nitro groups is 1. The highest BCUT2D eigenvalue weighted by Gasteiger charge is 2.24. The van der Waals surface area contributed by atoms with Crippen molar-refractivity contribution in [2.24, 2.45) is 0 Å². The molecule has 0 radical (unpaired) electrons. The van der Waals surface area contributed by atoms with Crippen LogP contribution in [0.25, 0.3) is 11.3 Å². The Bertz CT molecular complexity index is 686. The molecule has 0 aliphatic heterocycles. The summed E-state index contributed by atoms with van der Waals surface area (Å²) in [6.07, 6.45) is 0.719. The highest BCUT2D eigenvalue weighted by atomic mass is 16.6. The SMILES string of the molecule is CC(C)(C)OC(=O)n1nccc1-c1ccccc1[N+](=O)[O-]. The minimum Gasteiger partial charge on any atom is -0.442 e. The third kappa shape index (κ3) is 3.25. The van der Waals surface area contributed by atoms with Crippen molar-refractivity contribution in [3.05, 3.63) is 46.6 Å². The second kappa shape index (κ2) is 5.35. The Morgan fingerprint density at radius 3 is 2.57 bits per heavy atom. The maximum Gasteiger partial charge on any atom is 0.435 e. The topological polar surface area (TPSA) is 87.3 Å². The zero-order chi connectivity index (χ0) is 15.6. The van der Waals surface area contributed by atoms with E-state index in [2.05, 4.69) is 5.10 Å². The van der Waals surface area contributed by atoms with Crippen molar-refractivity contribution in [2.45, 2.75) is 26.4 Å². The Morgan fingerprint density at radius 2 is 1.95 bits per heavy atom. The lowest BCUT2D eigenvalue weighted by Crippen LogP contribution is -2.28. The number of rotatable bonds is 2. The molecule has 110 valence electrons. The van der Waals surface area contributed by atoms with E-state index in [1.807, 2.05) is 0 Å². The van der Waals surface area contributed by atoms with Crippen molar-refractivity contribution in [1.29, 1.82) is 0 Å². The highest BCUT2D eigenvalue weighted by molar-refractivity contribution is 5.80. The predicted octanol–water partition coefficient (Wildman–Crippen LogP) is 3.24. The maximum atomic E-state index is 12.1. The molecule has 2 aromatic rings. The number of hydrogen-bond donors (Lipinski definition) is 0. The van der Waals surface area contributed by atoms with Crippen LogP contribution in [0.2, 0.25) is 0 Å². The van der Waals surface area contributed by atoms with Crippen LogP contribution >= 0.6 is 0 Å². The van der Waals surface area contributed by atoms with E-state index in [1.165, 1.54) is 18.3 Å². The first-order chi connectivity index (χ1) is 9.79. The van der Waals surface area contributed by atoms with Gasteiger partial charge in [0.05, 0.1) is 22.4 Å². The highest BCUT2D eigenvalue weighted by Crippen LogP contribution is 2.29. The molecule has 2 rings (SSSR count). The van der Waals surface area contributed by atoms with Crippen LogP contribution in [0.1, 0.15) is 20.8 Å². The van der Waals surface area contributed by atoms with E-state index < -0.39 is 16.6 Å². The lowest BCUT2D eigenvalue weighted by molar-refractivity contribution is -0.384. The first-order valence-corrected chi connectivity index (χ1v) is 6.31. The lowest BCUT2D eigenvalue weighted by Gasteiger charge is -2.19. The van der Waals surface area contributed by atoms with Crippen LogP contribution in [0, 0.1) is 10.1 Å². The number of benzene rings is 1. The average Bonchev–Trinajstić information content (AvgIpc) is 2.85. The Morgan fingerprint density at radius 1 is 1.29 bits per heavy atom. The summed E-state index contributed by atoms with van der Waals surface area (Å²) in [5, 5.41) is 15.0. The van der Waals surface area contributed by atoms with Gasteiger partial charge in [-0.15, -0.1) is 0 Å². The van der Waals surface area contributed by atoms with Gasteiger partial charge in [0.25, 0.3) is 5.69 Å². The van der Waals surface area contributed by atoms with Crippen LogP contribution in [-0.2, 0) is 4.74 Å². The molecule has 0 unspecified atom stereocenters. The molecule has 0 saturated heterocycles. The zero-order valence-electron chi connectivity index (χ0n) is 11.9. The molecule has 0 spiro atoms. The van der Waals surface area contributed by atoms with Crippen LogP contribution in [0.3, 0.4) is 0 Å². The lowest BCUT2D eigenvalue weighted by atomic mass is 10.1. The summed E-state index contributed by atoms with van der Waals surface area (Å²) in [5.41, 5.74) is -0.145. The zero-order valence-corrected chi connectivity index (χ0v) is 11.9. The fraction of sp³-hybridized carbons (Fsp3) is 0.286. The minimum atomic E-state index is -0.680. The van der Waals surface area contributed by atoms with Gasteiger partial charge in [-0.2, -0.15) is 9.78 Å². The molecule has 0 atom stereocenters. The number of ether oxygens (including phenoxy) is 1. The van der Waals surface area contributed by atoms with Crippen molar-refractivity contribution < 1.29 is 14.5 Å². The van der Waals surface area contributed by atoms with Gasteiger partial charge in [-0.3, -0.25) is 10.1 Å². The molecule has 7 heteroatoms. The Labute approximate surface area is 121 Å². The monoisotopic (exact) mass is 289 g/mol. The van der Waals surface area contributed by atoms with Crippen molar-refractivity contribution in [1.82, 2.24) is 9.78 Å². The molecule has 0 bridgehead atoms. The second-order valence-corrected chi connectivity index (χ2v) is 5.38. The van der Waals surface area contributed by atoms with E-state index in [0.717, 1.165) is 4.68 Å². The van der Waals surface area contributed by atoms with Gasteiger partial charge in [-0.25, -0.2) is 4.79 Å². The summed E-state index contributed by atoms with van der Waals surface area (Å²) < 4.78 is 6.26. The number of carbonyl (C=O) groups is 1. The molecule has 0 fully saturated rings. The van der Waals surface area contributed by atoms with Gasteiger partial charge in [-0.1, -0.05) is 12.1 Å². The number of nitrogens with zero attached hydrogens (tertiary/aromatic N) is 3. The van der Waals surface area contributed by atoms with Gasteiger partial charge >= 0.3 is 6.09 Å². The summed E-state index contributed by atoms with van der Waals surface area (Å²) in [6.45, 7) is 5.21. The third-order valence-corrected chi connectivity index (χ3v) is 2.59. The van der Waals surface area contributed by atoms with E-state index in [0.29, 0.717) is 11.3 Å². The number of nitro benzene ring substituents is 1. The molecule has 1 heterocycles. The molecular formula is C14H15N3O4.